The summed E-state index contributed by atoms with van der Waals surface area (Å²) in [5, 5.41) is 7.90. The molecule has 3 aromatic rings. The van der Waals surface area contributed by atoms with Crippen LogP contribution in [0, 0.1) is 4.91 Å². The zero-order valence-electron chi connectivity index (χ0n) is 28.6. The molecule has 2 atom stereocenters. The zero-order valence-corrected chi connectivity index (χ0v) is 31.9. The van der Waals surface area contributed by atoms with Gasteiger partial charge in [0.05, 0.1) is 7.11 Å². The molecule has 51 heavy (non-hydrogen) atoms. The number of nitrogens with one attached hydrogen (secondary N) is 3. The van der Waals surface area contributed by atoms with E-state index in [1.807, 2.05) is 54.6 Å². The molecule has 0 fully saturated rings. The topological polar surface area (TPSA) is 169 Å². The van der Waals surface area contributed by atoms with Crippen LogP contribution in [0.5, 0.6) is 0 Å². The van der Waals surface area contributed by atoms with Crippen molar-refractivity contribution in [2.24, 2.45) is 4.58 Å². The van der Waals surface area contributed by atoms with E-state index in [0.29, 0.717) is 24.8 Å². The van der Waals surface area contributed by atoms with Crippen LogP contribution in [-0.4, -0.2) is 73.9 Å². The van der Waals surface area contributed by atoms with Gasteiger partial charge < -0.3 is 10.1 Å². The van der Waals surface area contributed by atoms with Crippen molar-refractivity contribution in [2.45, 2.75) is 51.1 Å². The van der Waals surface area contributed by atoms with Gasteiger partial charge in [-0.05, 0) is 0 Å². The van der Waals surface area contributed by atoms with Crippen LogP contribution in [0.25, 0.3) is 0 Å². The van der Waals surface area contributed by atoms with Crippen molar-refractivity contribution < 1.29 is 33.4 Å². The molecular weight excluding hydrogens is 759 g/mol. The number of amides is 3. The monoisotopic (exact) mass is 802 g/mol. The number of carbonyl (C=O) groups excluding carboxylic acids is 5. The molecule has 0 radical (unpaired) electrons. The molecule has 3 N–H and O–H groups in total. The third kappa shape index (κ3) is 11.4. The Balaban J connectivity index is 1.68. The SMILES string of the molecule is CCOC(=O)[C@H](CCC(=O)N[C@@H](CSN=O)C(=O)NCC(=O)OC)NC(=O)CCCCP(Br)(c1ccccc1)(c1ccccc1)c1ccccc1. The summed E-state index contributed by atoms with van der Waals surface area (Å²) in [5.74, 6) is -3.26. The van der Waals surface area contributed by atoms with E-state index in [-0.39, 0.29) is 37.5 Å². The third-order valence-electron chi connectivity index (χ3n) is 8.26. The number of rotatable bonds is 21. The van der Waals surface area contributed by atoms with Gasteiger partial charge in [0.15, 0.2) is 0 Å². The molecule has 15 heteroatoms. The van der Waals surface area contributed by atoms with E-state index in [9.17, 15) is 28.9 Å². The number of carbonyl (C=O) groups is 5. The zero-order chi connectivity index (χ0) is 37.1. The normalized spacial score (nSPS) is 13.0. The van der Waals surface area contributed by atoms with E-state index in [1.165, 1.54) is 15.9 Å². The van der Waals surface area contributed by atoms with Gasteiger partial charge in [-0.3, -0.25) is 9.59 Å². The summed E-state index contributed by atoms with van der Waals surface area (Å²) in [4.78, 5) is 73.3. The van der Waals surface area contributed by atoms with Crippen LogP contribution in [0.2, 0.25) is 0 Å². The van der Waals surface area contributed by atoms with Crippen LogP contribution in [0.15, 0.2) is 95.6 Å². The number of hydrogen-bond donors (Lipinski definition) is 3. The Hall–Kier alpha value is -4.13. The Morgan fingerprint density at radius 1 is 0.784 bits per heavy atom. The minimum absolute atomic E-state index is 0.0760. The molecule has 3 rings (SSSR count). The molecule has 274 valence electrons. The summed E-state index contributed by atoms with van der Waals surface area (Å²) in [6.45, 7) is 1.28. The van der Waals surface area contributed by atoms with Gasteiger partial charge in [0.1, 0.15) is 6.54 Å². The summed E-state index contributed by atoms with van der Waals surface area (Å²) in [7, 11) is 1.16. The first kappa shape index (κ1) is 41.3. The Morgan fingerprint density at radius 2 is 1.29 bits per heavy atom. The Kier molecular flexibility index (Phi) is 16.7. The van der Waals surface area contributed by atoms with Crippen molar-refractivity contribution in [3.8, 4) is 0 Å². The molecule has 0 unspecified atom stereocenters. The molecule has 0 aliphatic heterocycles. The van der Waals surface area contributed by atoms with Gasteiger partial charge in [-0.15, -0.1) is 4.91 Å². The van der Waals surface area contributed by atoms with Gasteiger partial charge in [0.25, 0.3) is 0 Å². The predicted octanol–water partition coefficient (Wildman–Crippen LogP) is 4.01. The number of methoxy groups -OCH3 is 1. The maximum absolute atomic E-state index is 13.2. The Labute approximate surface area is 310 Å². The molecule has 3 amide bonds. The second kappa shape index (κ2) is 20.7. The first-order valence-electron chi connectivity index (χ1n) is 16.5. The Bertz CT molecular complexity index is 1520. The third-order valence-corrected chi connectivity index (χ3v) is 18.9. The molecule has 0 spiro atoms. The summed E-state index contributed by atoms with van der Waals surface area (Å²) >= 11 is 4.94. The van der Waals surface area contributed by atoms with E-state index in [0.717, 1.165) is 13.3 Å². The van der Waals surface area contributed by atoms with Gasteiger partial charge in [-0.1, -0.05) is 0 Å². The summed E-state index contributed by atoms with van der Waals surface area (Å²) < 4.78 is 12.3. The fourth-order valence-corrected chi connectivity index (χ4v) is 13.9. The maximum atomic E-state index is 13.2. The number of esters is 2. The number of ether oxygens (including phenoxy) is 2. The van der Waals surface area contributed by atoms with Crippen molar-refractivity contribution in [3.05, 3.63) is 95.9 Å². The van der Waals surface area contributed by atoms with Crippen molar-refractivity contribution in [3.63, 3.8) is 0 Å². The summed E-state index contributed by atoms with van der Waals surface area (Å²) in [6.07, 6.45) is 1.76. The molecule has 0 saturated carbocycles. The van der Waals surface area contributed by atoms with Crippen LogP contribution in [0.1, 0.15) is 39.0 Å². The molecule has 0 aromatic heterocycles. The number of hydrogen-bond acceptors (Lipinski definition) is 10. The van der Waals surface area contributed by atoms with Gasteiger partial charge >= 0.3 is 245 Å². The second-order valence-electron chi connectivity index (χ2n) is 11.6. The first-order valence-corrected chi connectivity index (χ1v) is 21.9. The van der Waals surface area contributed by atoms with E-state index in [4.69, 9.17) is 4.74 Å². The molecule has 3 aromatic carbocycles. The summed E-state index contributed by atoms with van der Waals surface area (Å²) in [6, 6.07) is 28.8. The van der Waals surface area contributed by atoms with Gasteiger partial charge in [0, 0.05) is 22.3 Å². The standard InChI is InChI=1S/C36H44BrN4O8PS/c1-3-49-36(46)30(22-23-33(43)40-31(26-51-41-47)35(45)38-25-34(44)48-2)39-32(42)21-13-14-24-50(37,27-15-7-4-8-16-27,28-17-9-5-10-18-28)29-19-11-6-12-20-29/h4-12,15-20,30-31H,3,13-14,21-26H2,1-2H3,(H,38,45)(H,39,42)(H,40,43)/t30-,31-/m0/s1. The van der Waals surface area contributed by atoms with E-state index in [1.54, 1.807) is 6.92 Å². The molecule has 0 bridgehead atoms. The summed E-state index contributed by atoms with van der Waals surface area (Å²) in [5.41, 5.74) is 0. The average molecular weight is 804 g/mol. The fourth-order valence-electron chi connectivity index (χ4n) is 5.69. The molecule has 0 aliphatic rings. The van der Waals surface area contributed by atoms with E-state index < -0.39 is 47.7 Å². The molecule has 0 aliphatic carbocycles. The minimum atomic E-state index is -3.16. The van der Waals surface area contributed by atoms with Crippen molar-refractivity contribution in [2.75, 3.05) is 32.2 Å². The number of nitroso groups, excluding NO2 is 1. The fraction of sp³-hybridized carbons (Fsp3) is 0.361. The molecule has 0 saturated heterocycles. The van der Waals surface area contributed by atoms with Crippen LogP contribution in [0.3, 0.4) is 0 Å². The van der Waals surface area contributed by atoms with E-state index >= 15 is 0 Å². The quantitative estimate of drug-likeness (QED) is 0.0474. The molecular formula is C36H44BrN4O8PS. The van der Waals surface area contributed by atoms with Gasteiger partial charge in [0.2, 0.25) is 5.91 Å². The number of unbranched alkanes of at least 4 members (excludes halogenated alkanes) is 1. The number of halogens is 1. The number of benzene rings is 3. The van der Waals surface area contributed by atoms with Crippen molar-refractivity contribution >= 4 is 78.3 Å². The molecule has 0 heterocycles. The van der Waals surface area contributed by atoms with Crippen LogP contribution in [-0.2, 0) is 33.4 Å². The van der Waals surface area contributed by atoms with Crippen molar-refractivity contribution in [1.82, 2.24) is 16.0 Å². The predicted molar refractivity (Wildman–Crippen MR) is 206 cm³/mol. The molecule has 12 nitrogen and oxygen atoms in total. The first-order chi connectivity index (χ1) is 24.6. The van der Waals surface area contributed by atoms with Crippen LogP contribution >= 0.6 is 32.7 Å². The average Bonchev–Trinajstić information content (AvgIpc) is 3.16. The number of nitrogens with zero attached hydrogens (tertiary/aromatic N) is 1. The van der Waals surface area contributed by atoms with Gasteiger partial charge in [-0.25, -0.2) is 0 Å². The van der Waals surface area contributed by atoms with Crippen LogP contribution in [0.4, 0.5) is 0 Å². The van der Waals surface area contributed by atoms with Gasteiger partial charge in [-0.2, -0.15) is 0 Å². The van der Waals surface area contributed by atoms with Crippen molar-refractivity contribution in [1.29, 1.82) is 0 Å². The Morgan fingerprint density at radius 3 is 1.78 bits per heavy atom. The van der Waals surface area contributed by atoms with Crippen LogP contribution < -0.4 is 31.9 Å². The van der Waals surface area contributed by atoms with E-state index in [2.05, 4.69) is 77.2 Å². The second-order valence-corrected chi connectivity index (χ2v) is 21.4.